The number of amides is 1. The molecule has 0 radical (unpaired) electrons. The number of fused-ring (bicyclic) bond motifs is 1. The van der Waals surface area contributed by atoms with Gasteiger partial charge >= 0.3 is 5.69 Å². The van der Waals surface area contributed by atoms with Gasteiger partial charge in [-0.1, -0.05) is 11.2 Å². The van der Waals surface area contributed by atoms with Crippen LogP contribution in [0.2, 0.25) is 0 Å². The van der Waals surface area contributed by atoms with Crippen molar-refractivity contribution in [3.05, 3.63) is 46.6 Å². The van der Waals surface area contributed by atoms with Crippen molar-refractivity contribution in [2.75, 3.05) is 12.3 Å². The first-order valence-corrected chi connectivity index (χ1v) is 8.97. The minimum Gasteiger partial charge on any atom is -0.355 e. The molecular formula is C15H18N6O3S. The molecule has 3 heterocycles. The fourth-order valence-corrected chi connectivity index (χ4v) is 2.95. The first-order chi connectivity index (χ1) is 12.1. The van der Waals surface area contributed by atoms with Gasteiger partial charge in [-0.3, -0.25) is 9.20 Å². The van der Waals surface area contributed by atoms with Gasteiger partial charge in [0.15, 0.2) is 11.5 Å². The highest BCUT2D eigenvalue weighted by Crippen LogP contribution is 2.08. The molecule has 1 N–H and O–H groups in total. The standard InChI is InChI=1S/C15H18N6O3S/c1-11-17-12(19-24-11)9-25-10-14(22)16-6-4-8-21-15(23)20-7-3-2-5-13(20)18-21/h2-3,5,7H,4,6,8-10H2,1H3,(H,16,22). The van der Waals surface area contributed by atoms with Crippen molar-refractivity contribution in [2.45, 2.75) is 25.6 Å². The highest BCUT2D eigenvalue weighted by atomic mass is 32.2. The maximum atomic E-state index is 12.1. The highest BCUT2D eigenvalue weighted by molar-refractivity contribution is 7.99. The van der Waals surface area contributed by atoms with Gasteiger partial charge in [-0.05, 0) is 18.6 Å². The third-order valence-corrected chi connectivity index (χ3v) is 4.32. The fourth-order valence-electron chi connectivity index (χ4n) is 2.26. The molecule has 0 unspecified atom stereocenters. The number of carbonyl (C=O) groups excluding carboxylic acids is 1. The normalized spacial score (nSPS) is 11.1. The van der Waals surface area contributed by atoms with Crippen LogP contribution in [-0.2, 0) is 17.1 Å². The van der Waals surface area contributed by atoms with E-state index in [1.165, 1.54) is 20.8 Å². The average molecular weight is 362 g/mol. The minimum atomic E-state index is -0.173. The molecule has 0 saturated carbocycles. The Labute approximate surface area is 147 Å². The van der Waals surface area contributed by atoms with E-state index < -0.39 is 0 Å². The van der Waals surface area contributed by atoms with Crippen LogP contribution in [0, 0.1) is 6.92 Å². The zero-order valence-corrected chi connectivity index (χ0v) is 14.5. The summed E-state index contributed by atoms with van der Waals surface area (Å²) in [6, 6.07) is 5.40. The maximum Gasteiger partial charge on any atom is 0.350 e. The van der Waals surface area contributed by atoms with Crippen LogP contribution in [0.3, 0.4) is 0 Å². The number of aryl methyl sites for hydroxylation is 2. The summed E-state index contributed by atoms with van der Waals surface area (Å²) >= 11 is 1.42. The third-order valence-electron chi connectivity index (χ3n) is 3.39. The van der Waals surface area contributed by atoms with Crippen molar-refractivity contribution in [3.8, 4) is 0 Å². The van der Waals surface area contributed by atoms with Crippen LogP contribution in [-0.4, -0.2) is 42.5 Å². The molecule has 1 amide bonds. The van der Waals surface area contributed by atoms with E-state index in [-0.39, 0.29) is 11.6 Å². The van der Waals surface area contributed by atoms with Crippen molar-refractivity contribution in [1.29, 1.82) is 0 Å². The number of nitrogens with one attached hydrogen (secondary N) is 1. The lowest BCUT2D eigenvalue weighted by atomic mass is 10.4. The van der Waals surface area contributed by atoms with E-state index in [4.69, 9.17) is 4.52 Å². The molecule has 25 heavy (non-hydrogen) atoms. The van der Waals surface area contributed by atoms with Crippen LogP contribution in [0.1, 0.15) is 18.1 Å². The van der Waals surface area contributed by atoms with E-state index >= 15 is 0 Å². The van der Waals surface area contributed by atoms with Crippen molar-refractivity contribution in [2.24, 2.45) is 0 Å². The topological polar surface area (TPSA) is 107 Å². The molecule has 0 aromatic carbocycles. The summed E-state index contributed by atoms with van der Waals surface area (Å²) in [6.45, 7) is 2.67. The monoisotopic (exact) mass is 362 g/mol. The summed E-state index contributed by atoms with van der Waals surface area (Å²) in [4.78, 5) is 27.9. The van der Waals surface area contributed by atoms with Gasteiger partial charge in [0.2, 0.25) is 11.8 Å². The Kier molecular flexibility index (Phi) is 5.49. The molecule has 10 heteroatoms. The molecule has 0 aliphatic heterocycles. The van der Waals surface area contributed by atoms with Crippen molar-refractivity contribution < 1.29 is 9.32 Å². The van der Waals surface area contributed by atoms with E-state index in [1.54, 1.807) is 25.3 Å². The average Bonchev–Trinajstić information content (AvgIpc) is 3.16. The van der Waals surface area contributed by atoms with Gasteiger partial charge in [0.25, 0.3) is 0 Å². The van der Waals surface area contributed by atoms with E-state index in [2.05, 4.69) is 20.6 Å². The van der Waals surface area contributed by atoms with Gasteiger partial charge in [0.1, 0.15) is 0 Å². The molecule has 3 aromatic heterocycles. The second kappa shape index (κ2) is 7.97. The van der Waals surface area contributed by atoms with E-state index in [1.807, 2.05) is 6.07 Å². The first kappa shape index (κ1) is 17.2. The van der Waals surface area contributed by atoms with Crippen LogP contribution in [0.5, 0.6) is 0 Å². The Bertz CT molecular complexity index is 915. The molecule has 0 saturated heterocycles. The molecule has 0 bridgehead atoms. The molecule has 3 rings (SSSR count). The van der Waals surface area contributed by atoms with Crippen LogP contribution in [0.25, 0.3) is 5.65 Å². The summed E-state index contributed by atoms with van der Waals surface area (Å²) in [7, 11) is 0. The number of rotatable bonds is 8. The largest absolute Gasteiger partial charge is 0.355 e. The lowest BCUT2D eigenvalue weighted by Crippen LogP contribution is -2.28. The third kappa shape index (κ3) is 4.47. The molecule has 132 valence electrons. The van der Waals surface area contributed by atoms with Crippen LogP contribution in [0.4, 0.5) is 0 Å². The summed E-state index contributed by atoms with van der Waals surface area (Å²) < 4.78 is 7.77. The second-order valence-electron chi connectivity index (χ2n) is 5.36. The lowest BCUT2D eigenvalue weighted by Gasteiger charge is -2.04. The quantitative estimate of drug-likeness (QED) is 0.586. The molecule has 0 aliphatic carbocycles. The zero-order valence-electron chi connectivity index (χ0n) is 13.7. The molecule has 0 fully saturated rings. The fraction of sp³-hybridized carbons (Fsp3) is 0.400. The molecule has 9 nitrogen and oxygen atoms in total. The first-order valence-electron chi connectivity index (χ1n) is 7.81. The van der Waals surface area contributed by atoms with E-state index in [9.17, 15) is 9.59 Å². The molecular weight excluding hydrogens is 344 g/mol. The Morgan fingerprint density at radius 3 is 3.04 bits per heavy atom. The Morgan fingerprint density at radius 2 is 2.28 bits per heavy atom. The second-order valence-corrected chi connectivity index (χ2v) is 6.35. The van der Waals surface area contributed by atoms with Crippen molar-refractivity contribution in [1.82, 2.24) is 29.6 Å². The Hall–Kier alpha value is -2.62. The number of pyridine rings is 1. The number of thioether (sulfide) groups is 1. The minimum absolute atomic E-state index is 0.0624. The van der Waals surface area contributed by atoms with Gasteiger partial charge < -0.3 is 9.84 Å². The predicted octanol–water partition coefficient (Wildman–Crippen LogP) is 0.627. The van der Waals surface area contributed by atoms with Gasteiger partial charge in [0, 0.05) is 26.2 Å². The Balaban J connectivity index is 1.37. The van der Waals surface area contributed by atoms with Gasteiger partial charge in [-0.25, -0.2) is 9.48 Å². The molecule has 0 spiro atoms. The number of hydrogen-bond acceptors (Lipinski definition) is 7. The predicted molar refractivity (Wildman–Crippen MR) is 92.3 cm³/mol. The summed E-state index contributed by atoms with van der Waals surface area (Å²) in [5.41, 5.74) is 0.442. The molecule has 0 aliphatic rings. The van der Waals surface area contributed by atoms with Crippen LogP contribution < -0.4 is 11.0 Å². The molecule has 0 atom stereocenters. The Morgan fingerprint density at radius 1 is 1.40 bits per heavy atom. The maximum absolute atomic E-state index is 12.1. The van der Waals surface area contributed by atoms with Crippen LogP contribution >= 0.6 is 11.8 Å². The molecule has 3 aromatic rings. The SMILES string of the molecule is Cc1nc(CSCC(=O)NCCCn2nc3ccccn3c2=O)no1. The zero-order chi connectivity index (χ0) is 17.6. The van der Waals surface area contributed by atoms with Crippen LogP contribution in [0.15, 0.2) is 33.7 Å². The number of nitrogens with zero attached hydrogens (tertiary/aromatic N) is 5. The van der Waals surface area contributed by atoms with Gasteiger partial charge in [0.05, 0.1) is 11.5 Å². The van der Waals surface area contributed by atoms with Crippen molar-refractivity contribution >= 4 is 23.3 Å². The highest BCUT2D eigenvalue weighted by Gasteiger charge is 2.07. The van der Waals surface area contributed by atoms with Crippen molar-refractivity contribution in [3.63, 3.8) is 0 Å². The number of aromatic nitrogens is 5. The van der Waals surface area contributed by atoms with E-state index in [0.717, 1.165) is 0 Å². The van der Waals surface area contributed by atoms with Gasteiger partial charge in [-0.2, -0.15) is 4.98 Å². The van der Waals surface area contributed by atoms with E-state index in [0.29, 0.717) is 48.4 Å². The lowest BCUT2D eigenvalue weighted by molar-refractivity contribution is -0.118. The summed E-state index contributed by atoms with van der Waals surface area (Å²) in [6.07, 6.45) is 2.32. The van der Waals surface area contributed by atoms with Gasteiger partial charge in [-0.15, -0.1) is 16.9 Å². The number of carbonyl (C=O) groups is 1. The summed E-state index contributed by atoms with van der Waals surface area (Å²) in [5, 5.41) is 10.8. The summed E-state index contributed by atoms with van der Waals surface area (Å²) in [5.74, 6) is 1.89. The number of hydrogen-bond donors (Lipinski definition) is 1. The smallest absolute Gasteiger partial charge is 0.350 e.